The van der Waals surface area contributed by atoms with E-state index in [1.165, 1.54) is 29.9 Å². The summed E-state index contributed by atoms with van der Waals surface area (Å²) in [7, 11) is 3.18. The molecule has 0 bridgehead atoms. The van der Waals surface area contributed by atoms with Crippen molar-refractivity contribution in [2.24, 2.45) is 0 Å². The lowest BCUT2D eigenvalue weighted by Crippen LogP contribution is -2.32. The molecule has 0 atom stereocenters. The van der Waals surface area contributed by atoms with Crippen LogP contribution in [-0.4, -0.2) is 57.8 Å². The molecule has 3 aromatic rings. The molecule has 0 radical (unpaired) electrons. The highest BCUT2D eigenvalue weighted by molar-refractivity contribution is 5.98. The Morgan fingerprint density at radius 3 is 2.65 bits per heavy atom. The average Bonchev–Trinajstić information content (AvgIpc) is 3.09. The number of aryl methyl sites for hydroxylation is 3. The number of methoxy groups -OCH3 is 1. The Balaban J connectivity index is 1.62. The number of carbonyl (C=O) groups excluding carboxylic acids is 1. The van der Waals surface area contributed by atoms with Gasteiger partial charge in [-0.25, -0.2) is 4.63 Å². The van der Waals surface area contributed by atoms with Crippen LogP contribution in [-0.2, 0) is 26.1 Å². The standard InChI is InChI=1S/C25H31N5O4/c1-16-6-7-17(2)19(12-16)14-29-9-8-21-24(22(33-5)13-23(31)30(21)11-10-29)25(32)28(4)15-20-18(3)26-34-27-20/h6-7,12-13H,8-11,14-15H2,1-5H3. The van der Waals surface area contributed by atoms with Gasteiger partial charge in [0.05, 0.1) is 13.7 Å². The minimum Gasteiger partial charge on any atom is -0.496 e. The molecule has 1 aromatic carbocycles. The summed E-state index contributed by atoms with van der Waals surface area (Å²) in [6.07, 6.45) is 0.566. The fourth-order valence-corrected chi connectivity index (χ4v) is 4.43. The van der Waals surface area contributed by atoms with E-state index in [1.807, 2.05) is 0 Å². The van der Waals surface area contributed by atoms with E-state index < -0.39 is 0 Å². The van der Waals surface area contributed by atoms with Gasteiger partial charge in [0.1, 0.15) is 22.7 Å². The van der Waals surface area contributed by atoms with E-state index in [9.17, 15) is 9.59 Å². The number of hydrogen-bond acceptors (Lipinski definition) is 7. The summed E-state index contributed by atoms with van der Waals surface area (Å²) in [6, 6.07) is 7.89. The summed E-state index contributed by atoms with van der Waals surface area (Å²) in [5.41, 5.74) is 5.96. The van der Waals surface area contributed by atoms with Crippen LogP contribution in [0.2, 0.25) is 0 Å². The van der Waals surface area contributed by atoms with Gasteiger partial charge in [-0.2, -0.15) is 0 Å². The van der Waals surface area contributed by atoms with Crippen LogP contribution in [0.25, 0.3) is 0 Å². The van der Waals surface area contributed by atoms with Gasteiger partial charge in [0.15, 0.2) is 0 Å². The van der Waals surface area contributed by atoms with Crippen LogP contribution < -0.4 is 10.3 Å². The molecule has 4 rings (SSSR count). The molecule has 0 unspecified atom stereocenters. The third-order valence-corrected chi connectivity index (χ3v) is 6.50. The quantitative estimate of drug-likeness (QED) is 0.552. The molecule has 0 N–H and O–H groups in total. The van der Waals surface area contributed by atoms with E-state index in [0.29, 0.717) is 41.4 Å². The monoisotopic (exact) mass is 465 g/mol. The number of rotatable bonds is 6. The molecule has 2 aromatic heterocycles. The summed E-state index contributed by atoms with van der Waals surface area (Å²) in [6.45, 7) is 9.01. The van der Waals surface area contributed by atoms with Gasteiger partial charge in [-0.1, -0.05) is 34.1 Å². The van der Waals surface area contributed by atoms with Gasteiger partial charge in [0.2, 0.25) is 0 Å². The largest absolute Gasteiger partial charge is 0.496 e. The molecule has 1 aliphatic rings. The van der Waals surface area contributed by atoms with Gasteiger partial charge in [0, 0.05) is 51.4 Å². The molecular weight excluding hydrogens is 434 g/mol. The molecule has 0 saturated carbocycles. The summed E-state index contributed by atoms with van der Waals surface area (Å²) < 4.78 is 12.0. The molecule has 0 saturated heterocycles. The van der Waals surface area contributed by atoms with Crippen LogP contribution in [0.1, 0.15) is 44.1 Å². The topological polar surface area (TPSA) is 93.7 Å². The van der Waals surface area contributed by atoms with Crippen LogP contribution in [0.5, 0.6) is 5.75 Å². The Morgan fingerprint density at radius 2 is 1.94 bits per heavy atom. The minimum atomic E-state index is -0.231. The van der Waals surface area contributed by atoms with Gasteiger partial charge in [-0.3, -0.25) is 14.5 Å². The zero-order valence-corrected chi connectivity index (χ0v) is 20.4. The number of nitrogens with zero attached hydrogens (tertiary/aromatic N) is 5. The predicted octanol–water partition coefficient (Wildman–Crippen LogP) is 2.50. The molecule has 9 heteroatoms. The van der Waals surface area contributed by atoms with Crippen molar-refractivity contribution in [1.82, 2.24) is 24.7 Å². The van der Waals surface area contributed by atoms with Crippen molar-refractivity contribution >= 4 is 5.91 Å². The van der Waals surface area contributed by atoms with Gasteiger partial charge in [0.25, 0.3) is 11.5 Å². The zero-order chi connectivity index (χ0) is 24.4. The first-order valence-electron chi connectivity index (χ1n) is 11.4. The molecule has 9 nitrogen and oxygen atoms in total. The third kappa shape index (κ3) is 4.75. The van der Waals surface area contributed by atoms with E-state index in [2.05, 4.69) is 47.3 Å². The van der Waals surface area contributed by atoms with E-state index in [1.54, 1.807) is 23.4 Å². The number of ether oxygens (including phenoxy) is 1. The molecule has 3 heterocycles. The second-order valence-corrected chi connectivity index (χ2v) is 8.94. The minimum absolute atomic E-state index is 0.156. The predicted molar refractivity (Wildman–Crippen MR) is 127 cm³/mol. The lowest BCUT2D eigenvalue weighted by atomic mass is 10.0. The van der Waals surface area contributed by atoms with E-state index >= 15 is 0 Å². The maximum atomic E-state index is 13.6. The first-order valence-corrected chi connectivity index (χ1v) is 11.4. The number of benzene rings is 1. The fraction of sp³-hybridized carbons (Fsp3) is 0.440. The molecule has 1 amide bonds. The number of amides is 1. The molecule has 1 aliphatic heterocycles. The Labute approximate surface area is 198 Å². The molecule has 0 fully saturated rings. The van der Waals surface area contributed by atoms with E-state index in [-0.39, 0.29) is 18.0 Å². The van der Waals surface area contributed by atoms with Gasteiger partial charge in [-0.05, 0) is 31.9 Å². The Bertz CT molecular complexity index is 1260. The first kappa shape index (κ1) is 23.7. The van der Waals surface area contributed by atoms with Gasteiger partial charge in [-0.15, -0.1) is 0 Å². The smallest absolute Gasteiger partial charge is 0.259 e. The van der Waals surface area contributed by atoms with Crippen LogP contribution in [0.15, 0.2) is 33.7 Å². The lowest BCUT2D eigenvalue weighted by molar-refractivity contribution is 0.0776. The van der Waals surface area contributed by atoms with Crippen molar-refractivity contribution in [3.8, 4) is 5.75 Å². The zero-order valence-electron chi connectivity index (χ0n) is 20.4. The highest BCUT2D eigenvalue weighted by Gasteiger charge is 2.28. The number of pyridine rings is 1. The maximum absolute atomic E-state index is 13.6. The summed E-state index contributed by atoms with van der Waals surface area (Å²) in [5, 5.41) is 7.67. The molecule has 34 heavy (non-hydrogen) atoms. The van der Waals surface area contributed by atoms with Crippen molar-refractivity contribution in [3.63, 3.8) is 0 Å². The number of aromatic nitrogens is 3. The van der Waals surface area contributed by atoms with Crippen LogP contribution >= 0.6 is 0 Å². The van der Waals surface area contributed by atoms with E-state index in [0.717, 1.165) is 19.6 Å². The fourth-order valence-electron chi connectivity index (χ4n) is 4.43. The Morgan fingerprint density at radius 1 is 1.15 bits per heavy atom. The van der Waals surface area contributed by atoms with Gasteiger partial charge >= 0.3 is 0 Å². The summed E-state index contributed by atoms with van der Waals surface area (Å²) in [5.74, 6) is 0.0667. The lowest BCUT2D eigenvalue weighted by Gasteiger charge is -2.22. The summed E-state index contributed by atoms with van der Waals surface area (Å²) in [4.78, 5) is 30.4. The van der Waals surface area contributed by atoms with Crippen molar-refractivity contribution in [2.75, 3.05) is 27.2 Å². The third-order valence-electron chi connectivity index (χ3n) is 6.50. The number of carbonyl (C=O) groups is 1. The highest BCUT2D eigenvalue weighted by atomic mass is 16.6. The van der Waals surface area contributed by atoms with Crippen LogP contribution in [0.3, 0.4) is 0 Å². The van der Waals surface area contributed by atoms with Crippen LogP contribution in [0, 0.1) is 20.8 Å². The molecule has 0 spiro atoms. The second kappa shape index (κ2) is 9.80. The van der Waals surface area contributed by atoms with Crippen molar-refractivity contribution in [1.29, 1.82) is 0 Å². The Kier molecular flexibility index (Phi) is 6.83. The SMILES string of the molecule is COc1cc(=O)n2c(c1C(=O)N(C)Cc1nonc1C)CCN(Cc1cc(C)ccc1C)CC2. The normalized spacial score (nSPS) is 13.9. The molecular formula is C25H31N5O4. The molecule has 180 valence electrons. The average molecular weight is 466 g/mol. The molecule has 0 aliphatic carbocycles. The van der Waals surface area contributed by atoms with Crippen molar-refractivity contribution < 1.29 is 14.2 Å². The second-order valence-electron chi connectivity index (χ2n) is 8.94. The number of hydrogen-bond donors (Lipinski definition) is 0. The van der Waals surface area contributed by atoms with Crippen LogP contribution in [0.4, 0.5) is 0 Å². The highest BCUT2D eigenvalue weighted by Crippen LogP contribution is 2.25. The van der Waals surface area contributed by atoms with Crippen molar-refractivity contribution in [2.45, 2.75) is 46.8 Å². The van der Waals surface area contributed by atoms with Crippen molar-refractivity contribution in [3.05, 3.63) is 74.0 Å². The van der Waals surface area contributed by atoms with E-state index in [4.69, 9.17) is 9.37 Å². The first-order chi connectivity index (χ1) is 16.3. The number of fused-ring (bicyclic) bond motifs is 1. The Hall–Kier alpha value is -3.46. The summed E-state index contributed by atoms with van der Waals surface area (Å²) >= 11 is 0. The maximum Gasteiger partial charge on any atom is 0.259 e. The van der Waals surface area contributed by atoms with Gasteiger partial charge < -0.3 is 14.2 Å².